The van der Waals surface area contributed by atoms with Crippen molar-refractivity contribution in [2.75, 3.05) is 0 Å². The van der Waals surface area contributed by atoms with Crippen LogP contribution in [0.1, 0.15) is 105 Å². The maximum Gasteiger partial charge on any atom is 0.415 e. The molecule has 0 amide bonds. The van der Waals surface area contributed by atoms with E-state index in [-0.39, 0.29) is 0 Å². The molecule has 4 saturated carbocycles. The van der Waals surface area contributed by atoms with Gasteiger partial charge in [-0.3, -0.25) is 0 Å². The number of halogens is 2. The van der Waals surface area contributed by atoms with Crippen LogP contribution >= 0.6 is 12.0 Å². The maximum atomic E-state index is 13.9. The van der Waals surface area contributed by atoms with Crippen LogP contribution in [0.5, 0.6) is 0 Å². The van der Waals surface area contributed by atoms with Gasteiger partial charge >= 0.3 is 11.2 Å². The van der Waals surface area contributed by atoms with E-state index in [1.807, 2.05) is 0 Å². The van der Waals surface area contributed by atoms with Gasteiger partial charge in [0.2, 0.25) is 0 Å². The Morgan fingerprint density at radius 1 is 1.08 bits per heavy atom. The van der Waals surface area contributed by atoms with Gasteiger partial charge in [0.25, 0.3) is 0 Å². The Morgan fingerprint density at radius 3 is 2.54 bits per heavy atom. The molecule has 0 saturated heterocycles. The lowest BCUT2D eigenvalue weighted by atomic mass is 9.47. The lowest BCUT2D eigenvalue weighted by Crippen LogP contribution is -2.52. The largest absolute Gasteiger partial charge is 0.457 e. The number of hydrogen-bond acceptors (Lipinski definition) is 6. The van der Waals surface area contributed by atoms with Crippen molar-refractivity contribution in [3.8, 4) is 0 Å². The third kappa shape index (κ3) is 6.17. The van der Waals surface area contributed by atoms with E-state index in [1.165, 1.54) is 51.4 Å². The summed E-state index contributed by atoms with van der Waals surface area (Å²) >= 11 is -0.551. The fourth-order valence-corrected chi connectivity index (χ4v) is 9.99. The van der Waals surface area contributed by atoms with Crippen molar-refractivity contribution in [1.82, 2.24) is 0 Å². The van der Waals surface area contributed by atoms with Crippen LogP contribution in [0.2, 0.25) is 0 Å². The molecule has 10 atom stereocenters. The van der Waals surface area contributed by atoms with Gasteiger partial charge < -0.3 is 4.74 Å². The summed E-state index contributed by atoms with van der Waals surface area (Å²) in [6.07, 6.45) is 12.5. The first-order chi connectivity index (χ1) is 17.5. The van der Waals surface area contributed by atoms with Crippen LogP contribution in [0.25, 0.3) is 0 Å². The van der Waals surface area contributed by atoms with Gasteiger partial charge in [-0.2, -0.15) is 8.78 Å². The molecule has 5 nitrogen and oxygen atoms in total. The van der Waals surface area contributed by atoms with Crippen molar-refractivity contribution in [3.63, 3.8) is 0 Å². The van der Waals surface area contributed by atoms with Gasteiger partial charge in [0, 0.05) is 0 Å². The van der Waals surface area contributed by atoms with Crippen molar-refractivity contribution in [3.05, 3.63) is 0 Å². The molecule has 0 bridgehead atoms. The zero-order valence-corrected chi connectivity index (χ0v) is 24.1. The number of carbonyl (C=O) groups excluding carboxylic acids is 1. The summed E-state index contributed by atoms with van der Waals surface area (Å²) in [6.45, 7) is 12.0. The van der Waals surface area contributed by atoms with Gasteiger partial charge in [-0.05, 0) is 110 Å². The summed E-state index contributed by atoms with van der Waals surface area (Å²) in [5.41, 5.74) is 0.463. The Balaban J connectivity index is 1.37. The normalized spacial score (nSPS) is 40.6. The second-order valence-corrected chi connectivity index (χ2v) is 14.4. The number of ether oxygens (including phenoxy) is 1. The maximum absolute atomic E-state index is 13.9. The number of carbonyl (C=O) groups is 1. The first kappa shape index (κ1) is 29.5. The van der Waals surface area contributed by atoms with Gasteiger partial charge in [0.1, 0.15) is 18.1 Å². The highest BCUT2D eigenvalue weighted by atomic mass is 32.2. The van der Waals surface area contributed by atoms with E-state index in [0.717, 1.165) is 36.0 Å². The monoisotopic (exact) mass is 546 g/mol. The molecule has 0 radical (unpaired) electrons. The van der Waals surface area contributed by atoms with E-state index in [4.69, 9.17) is 9.99 Å². The summed E-state index contributed by atoms with van der Waals surface area (Å²) in [4.78, 5) is 12.1. The van der Waals surface area contributed by atoms with Gasteiger partial charge in [-0.15, -0.1) is 4.33 Å². The molecule has 0 aliphatic heterocycles. The van der Waals surface area contributed by atoms with E-state index < -0.39 is 29.4 Å². The van der Waals surface area contributed by atoms with Crippen LogP contribution in [-0.2, 0) is 18.9 Å². The molecule has 214 valence electrons. The Kier molecular flexibility index (Phi) is 9.56. The molecule has 4 aliphatic rings. The van der Waals surface area contributed by atoms with Crippen molar-refractivity contribution in [2.45, 2.75) is 117 Å². The van der Waals surface area contributed by atoms with Crippen LogP contribution in [0, 0.1) is 58.7 Å². The molecular weight excluding hydrogens is 498 g/mol. The average molecular weight is 547 g/mol. The summed E-state index contributed by atoms with van der Waals surface area (Å²) in [5.74, 6) is 4.49. The predicted octanol–water partition coefficient (Wildman–Crippen LogP) is 8.54. The quantitative estimate of drug-likeness (QED) is 0.128. The fourth-order valence-electron chi connectivity index (χ4n) is 9.76. The summed E-state index contributed by atoms with van der Waals surface area (Å²) in [6, 6.07) is 0. The highest BCUT2D eigenvalue weighted by molar-refractivity contribution is 7.96. The summed E-state index contributed by atoms with van der Waals surface area (Å²) in [7, 11) is 0. The third-order valence-corrected chi connectivity index (χ3v) is 11.6. The Bertz CT molecular complexity index is 781. The van der Waals surface area contributed by atoms with E-state index in [9.17, 15) is 13.6 Å². The van der Waals surface area contributed by atoms with E-state index in [1.54, 1.807) is 0 Å². The highest BCUT2D eigenvalue weighted by Gasteiger charge is 2.58. The number of hydrogen-bond donors (Lipinski definition) is 1. The van der Waals surface area contributed by atoms with Crippen molar-refractivity contribution in [2.24, 2.45) is 58.7 Å². The van der Waals surface area contributed by atoms with Crippen LogP contribution in [0.15, 0.2) is 0 Å². The van der Waals surface area contributed by atoms with Crippen molar-refractivity contribution >= 4 is 18.0 Å². The summed E-state index contributed by atoms with van der Waals surface area (Å²) < 4.78 is 36.9. The van der Waals surface area contributed by atoms with Gasteiger partial charge in [-0.1, -0.05) is 58.9 Å². The standard InChI is InChI=1S/C29H48F2O5S/c1-17(2)7-6-8-18(3)24-11-12-25-22-10-9-20-16-21(34-27(32)29(30,31)37-36-35-33)15-19(4)26(20)23(22)13-14-28(24,25)5/h17-26,33H,6-16H2,1-5H3. The molecule has 8 heteroatoms. The molecule has 37 heavy (non-hydrogen) atoms. The fraction of sp³-hybridized carbons (Fsp3) is 0.966. The lowest BCUT2D eigenvalue weighted by Gasteiger charge is -2.58. The third-order valence-electron chi connectivity index (χ3n) is 11.1. The Labute approximate surface area is 226 Å². The van der Waals surface area contributed by atoms with Gasteiger partial charge in [-0.25, -0.2) is 10.1 Å². The van der Waals surface area contributed by atoms with E-state index in [2.05, 4.69) is 44.0 Å². The van der Waals surface area contributed by atoms with Gasteiger partial charge in [0.05, 0.1) is 0 Å². The molecule has 0 aromatic rings. The minimum Gasteiger partial charge on any atom is -0.457 e. The number of fused-ring (bicyclic) bond motifs is 5. The number of rotatable bonds is 10. The van der Waals surface area contributed by atoms with Crippen molar-refractivity contribution < 1.29 is 32.9 Å². The lowest BCUT2D eigenvalue weighted by molar-refractivity contribution is -0.433. The molecule has 0 aromatic carbocycles. The Morgan fingerprint density at radius 2 is 1.84 bits per heavy atom. The Hall–Kier alpha value is -0.440. The second kappa shape index (κ2) is 12.0. The SMILES string of the molecule is CC(C)CCCC(C)C1CCC2C3CCC4CC(OC(=O)C(F)(F)SOOO)CC(C)C4C3CCC12C. The minimum atomic E-state index is -3.93. The average Bonchev–Trinajstić information content (AvgIpc) is 3.19. The predicted molar refractivity (Wildman–Crippen MR) is 140 cm³/mol. The molecule has 4 rings (SSSR count). The molecule has 0 aromatic heterocycles. The van der Waals surface area contributed by atoms with Crippen LogP contribution in [0.3, 0.4) is 0 Å². The van der Waals surface area contributed by atoms with Gasteiger partial charge in [0.15, 0.2) is 0 Å². The number of alkyl halides is 2. The topological polar surface area (TPSA) is 65.0 Å². The van der Waals surface area contributed by atoms with Crippen LogP contribution in [-0.4, -0.2) is 22.6 Å². The molecule has 4 fully saturated rings. The molecular formula is C29H48F2O5S. The molecule has 4 aliphatic carbocycles. The van der Waals surface area contributed by atoms with E-state index >= 15 is 0 Å². The first-order valence-electron chi connectivity index (χ1n) is 14.7. The minimum absolute atomic E-state index is 0.346. The molecule has 10 unspecified atom stereocenters. The molecule has 0 heterocycles. The number of esters is 1. The smallest absolute Gasteiger partial charge is 0.415 e. The molecule has 0 spiro atoms. The zero-order chi connectivity index (χ0) is 27.0. The van der Waals surface area contributed by atoms with Crippen LogP contribution in [0.4, 0.5) is 8.78 Å². The highest BCUT2D eigenvalue weighted by Crippen LogP contribution is 2.66. The molecule has 1 N–H and O–H groups in total. The van der Waals surface area contributed by atoms with Crippen molar-refractivity contribution in [1.29, 1.82) is 0 Å². The first-order valence-corrected chi connectivity index (χ1v) is 15.5. The summed E-state index contributed by atoms with van der Waals surface area (Å²) in [5, 5.41) is 7.41. The van der Waals surface area contributed by atoms with Crippen LogP contribution < -0.4 is 0 Å². The second-order valence-electron chi connectivity index (χ2n) is 13.6. The van der Waals surface area contributed by atoms with E-state index in [0.29, 0.717) is 41.9 Å². The zero-order valence-electron chi connectivity index (χ0n) is 23.3.